The van der Waals surface area contributed by atoms with Crippen molar-refractivity contribution in [3.05, 3.63) is 35.9 Å². The van der Waals surface area contributed by atoms with Gasteiger partial charge in [0.2, 0.25) is 4.38 Å². The molecule has 0 N–H and O–H groups in total. The zero-order valence-corrected chi connectivity index (χ0v) is 15.5. The van der Waals surface area contributed by atoms with Crippen LogP contribution in [0.1, 0.15) is 20.8 Å². The summed E-state index contributed by atoms with van der Waals surface area (Å²) < 4.78 is 38.3. The number of hydrogen-bond donors (Lipinski definition) is 0. The molecule has 5 nitrogen and oxygen atoms in total. The Kier molecular flexibility index (Phi) is 5.36. The lowest BCUT2D eigenvalue weighted by Gasteiger charge is -2.37. The number of hydrogen-bond acceptors (Lipinski definition) is 7. The summed E-state index contributed by atoms with van der Waals surface area (Å²) in [7, 11) is 0. The second-order valence-electron chi connectivity index (χ2n) is 6.02. The van der Waals surface area contributed by atoms with E-state index in [-0.39, 0.29) is 11.0 Å². The molecule has 2 aliphatic heterocycles. The van der Waals surface area contributed by atoms with E-state index in [1.807, 2.05) is 30.3 Å². The summed E-state index contributed by atoms with van der Waals surface area (Å²) in [5.41, 5.74) is 0.979. The fraction of sp³-hybridized carbons (Fsp3) is 0.588. The maximum Gasteiger partial charge on any atom is 0.220 e. The Morgan fingerprint density at radius 2 is 2.12 bits per heavy atom. The molecule has 132 valence electrons. The third kappa shape index (κ3) is 4.28. The zero-order valence-electron chi connectivity index (χ0n) is 14.9. The smallest absolute Gasteiger partial charge is 0.220 e. The lowest BCUT2D eigenvalue weighted by molar-refractivity contribution is -0.250. The van der Waals surface area contributed by atoms with E-state index < -0.39 is 30.4 Å². The molecule has 3 rings (SSSR count). The number of benzene rings is 1. The summed E-state index contributed by atoms with van der Waals surface area (Å²) in [5, 5.41) is 0. The van der Waals surface area contributed by atoms with E-state index in [0.29, 0.717) is 6.61 Å². The monoisotopic (exact) mass is 371 g/mol. The summed E-state index contributed by atoms with van der Waals surface area (Å²) in [6.07, 6.45) is -1.87. The van der Waals surface area contributed by atoms with Crippen LogP contribution in [-0.2, 0) is 30.3 Å². The summed E-state index contributed by atoms with van der Waals surface area (Å²) in [4.78, 5) is 0. The zero-order chi connectivity index (χ0) is 18.1. The van der Waals surface area contributed by atoms with Crippen LogP contribution in [-0.4, -0.2) is 47.6 Å². The molecule has 0 amide bonds. The number of thiocarbonyl (C=S) groups is 1. The Morgan fingerprint density at radius 3 is 2.83 bits per heavy atom. The Bertz CT molecular complexity index is 614. The number of fused-ring (bicyclic) bond motifs is 1. The average molecular weight is 371 g/mol. The highest BCUT2D eigenvalue weighted by atomic mass is 32.2. The van der Waals surface area contributed by atoms with Crippen molar-refractivity contribution in [2.45, 2.75) is 50.8 Å². The third-order valence-electron chi connectivity index (χ3n) is 3.72. The molecular weight excluding hydrogens is 348 g/mol. The Morgan fingerprint density at radius 1 is 1.38 bits per heavy atom. The molecule has 1 aromatic rings. The van der Waals surface area contributed by atoms with Crippen LogP contribution in [0.3, 0.4) is 0 Å². The molecule has 2 saturated heterocycles. The molecule has 2 aliphatic rings. The second kappa shape index (κ2) is 7.68. The first-order valence-electron chi connectivity index (χ1n) is 8.24. The quantitative estimate of drug-likeness (QED) is 0.754. The van der Waals surface area contributed by atoms with Gasteiger partial charge < -0.3 is 23.7 Å². The van der Waals surface area contributed by atoms with Crippen LogP contribution >= 0.6 is 24.0 Å². The molecule has 7 heteroatoms. The van der Waals surface area contributed by atoms with Gasteiger partial charge >= 0.3 is 0 Å². The van der Waals surface area contributed by atoms with Gasteiger partial charge in [0.05, 0.1) is 14.6 Å². The Hall–Kier alpha value is -0.700. The molecule has 0 bridgehead atoms. The van der Waals surface area contributed by atoms with Crippen molar-refractivity contribution in [3.63, 3.8) is 0 Å². The maximum atomic E-state index is 8.90. The number of rotatable bonds is 4. The highest BCUT2D eigenvalue weighted by Crippen LogP contribution is 2.36. The van der Waals surface area contributed by atoms with E-state index in [1.165, 1.54) is 11.8 Å². The van der Waals surface area contributed by atoms with Gasteiger partial charge in [0.25, 0.3) is 0 Å². The van der Waals surface area contributed by atoms with Crippen LogP contribution in [0.25, 0.3) is 0 Å². The fourth-order valence-electron chi connectivity index (χ4n) is 2.72. The van der Waals surface area contributed by atoms with Crippen molar-refractivity contribution in [1.29, 1.82) is 0 Å². The molecule has 24 heavy (non-hydrogen) atoms. The van der Waals surface area contributed by atoms with Crippen LogP contribution in [0.2, 0.25) is 0 Å². The largest absolute Gasteiger partial charge is 0.467 e. The molecule has 2 heterocycles. The van der Waals surface area contributed by atoms with E-state index in [2.05, 4.69) is 0 Å². The molecule has 2 fully saturated rings. The molecular formula is C17H22O5S2. The predicted octanol–water partition coefficient (Wildman–Crippen LogP) is 3.11. The highest BCUT2D eigenvalue weighted by Gasteiger charge is 2.53. The van der Waals surface area contributed by atoms with Gasteiger partial charge in [0, 0.05) is 0 Å². The predicted molar refractivity (Wildman–Crippen MR) is 95.8 cm³/mol. The molecule has 0 aliphatic carbocycles. The minimum absolute atomic E-state index is 0.237. The first kappa shape index (κ1) is 16.8. The first-order chi connectivity index (χ1) is 11.8. The van der Waals surface area contributed by atoms with Gasteiger partial charge in [-0.1, -0.05) is 42.1 Å². The normalized spacial score (nSPS) is 35.1. The lowest BCUT2D eigenvalue weighted by atomic mass is 10.1. The lowest BCUT2D eigenvalue weighted by Crippen LogP contribution is -2.54. The van der Waals surface area contributed by atoms with Gasteiger partial charge in [-0.15, -0.1) is 0 Å². The average Bonchev–Trinajstić information content (AvgIpc) is 2.91. The highest BCUT2D eigenvalue weighted by molar-refractivity contribution is 8.22. The molecule has 0 spiro atoms. The van der Waals surface area contributed by atoms with Gasteiger partial charge in [0.15, 0.2) is 18.2 Å². The van der Waals surface area contributed by atoms with Gasteiger partial charge in [-0.05, 0) is 37.9 Å². The van der Waals surface area contributed by atoms with E-state index in [4.69, 9.17) is 37.3 Å². The van der Waals surface area contributed by atoms with Crippen molar-refractivity contribution >= 4 is 28.4 Å². The third-order valence-corrected chi connectivity index (χ3v) is 4.72. The van der Waals surface area contributed by atoms with Crippen LogP contribution in [0, 0.1) is 0 Å². The second-order valence-corrected chi connectivity index (χ2v) is 7.42. The molecule has 4 atom stereocenters. The van der Waals surface area contributed by atoms with Crippen molar-refractivity contribution in [2.75, 3.05) is 12.9 Å². The summed E-state index contributed by atoms with van der Waals surface area (Å²) in [6, 6.07) is 9.69. The van der Waals surface area contributed by atoms with E-state index >= 15 is 0 Å². The molecule has 0 aromatic heterocycles. The summed E-state index contributed by atoms with van der Waals surface area (Å²) in [6.45, 7) is 4.17. The number of ether oxygens (including phenoxy) is 5. The van der Waals surface area contributed by atoms with Gasteiger partial charge in [0.1, 0.15) is 12.2 Å². The van der Waals surface area contributed by atoms with E-state index in [1.54, 1.807) is 20.1 Å². The summed E-state index contributed by atoms with van der Waals surface area (Å²) >= 11 is 6.42. The molecule has 0 unspecified atom stereocenters. The van der Waals surface area contributed by atoms with Gasteiger partial charge in [-0.3, -0.25) is 0 Å². The van der Waals surface area contributed by atoms with Gasteiger partial charge in [-0.2, -0.15) is 0 Å². The molecule has 1 aromatic carbocycles. The molecule has 0 saturated carbocycles. The van der Waals surface area contributed by atoms with E-state index in [0.717, 1.165) is 5.56 Å². The fourth-order valence-corrected chi connectivity index (χ4v) is 2.99. The minimum atomic E-state index is -1.65. The van der Waals surface area contributed by atoms with Crippen LogP contribution in [0.4, 0.5) is 0 Å². The summed E-state index contributed by atoms with van der Waals surface area (Å²) in [5.74, 6) is -0.816. The Labute approximate surface area is 153 Å². The molecule has 0 radical (unpaired) electrons. The first-order valence-corrected chi connectivity index (χ1v) is 9.37. The van der Waals surface area contributed by atoms with Crippen molar-refractivity contribution in [1.82, 2.24) is 0 Å². The van der Waals surface area contributed by atoms with E-state index in [9.17, 15) is 0 Å². The Balaban J connectivity index is 1.79. The SMILES string of the molecule is [2H][C@]1(OC(=S)SC)[C@H](OCc2ccccc2)OC[C@H]2OC(C)(C)O[C@H]21. The van der Waals surface area contributed by atoms with Crippen molar-refractivity contribution in [2.24, 2.45) is 0 Å². The minimum Gasteiger partial charge on any atom is -0.467 e. The van der Waals surface area contributed by atoms with Crippen LogP contribution in [0.5, 0.6) is 0 Å². The maximum absolute atomic E-state index is 8.90. The van der Waals surface area contributed by atoms with Crippen LogP contribution in [0.15, 0.2) is 30.3 Å². The van der Waals surface area contributed by atoms with Crippen LogP contribution < -0.4 is 0 Å². The van der Waals surface area contributed by atoms with Crippen molar-refractivity contribution < 1.29 is 25.1 Å². The topological polar surface area (TPSA) is 46.2 Å². The number of thioether (sulfide) groups is 1. The van der Waals surface area contributed by atoms with Crippen molar-refractivity contribution in [3.8, 4) is 0 Å². The van der Waals surface area contributed by atoms with Gasteiger partial charge in [-0.25, -0.2) is 0 Å². The standard InChI is InChI=1S/C17H22O5S2/c1-17(2)21-12-10-19-15(18-9-11-7-5-4-6-8-11)14(13(12)22-17)20-16(23)24-3/h4-8,12-15H,9-10H2,1-3H3/t12-,13-,14-,15-/m1/s1/i14D.